The van der Waals surface area contributed by atoms with E-state index in [4.69, 9.17) is 20.1 Å². The molecule has 110 valence electrons. The predicted molar refractivity (Wildman–Crippen MR) is 63.3 cm³/mol. The van der Waals surface area contributed by atoms with Crippen LogP contribution in [-0.2, 0) is 11.3 Å². The van der Waals surface area contributed by atoms with Gasteiger partial charge in [-0.1, -0.05) is 0 Å². The molecule has 0 aromatic carbocycles. The Labute approximate surface area is 113 Å². The minimum absolute atomic E-state index is 0.119. The maximum atomic E-state index is 10.9. The molecule has 1 aliphatic carbocycles. The number of aromatic nitrogens is 1. The minimum Gasteiger partial charge on any atom is -0.408 e. The van der Waals surface area contributed by atoms with Crippen molar-refractivity contribution in [3.63, 3.8) is 0 Å². The summed E-state index contributed by atoms with van der Waals surface area (Å²) in [5, 5.41) is 36.9. The Morgan fingerprint density at radius 2 is 2.15 bits per heavy atom. The molecule has 1 fully saturated rings. The SMILES string of the molecule is O=[N+]([O-])c1cc(COC2CCC2)ncc1OC(O)(O)O. The van der Waals surface area contributed by atoms with Gasteiger partial charge in [0.05, 0.1) is 29.5 Å². The Kier molecular flexibility index (Phi) is 4.14. The van der Waals surface area contributed by atoms with Crippen LogP contribution in [0.15, 0.2) is 12.3 Å². The first-order chi connectivity index (χ1) is 9.35. The molecule has 0 amide bonds. The van der Waals surface area contributed by atoms with Gasteiger partial charge in [0.15, 0.2) is 0 Å². The van der Waals surface area contributed by atoms with Crippen LogP contribution in [0.3, 0.4) is 0 Å². The maximum Gasteiger partial charge on any atom is 0.453 e. The van der Waals surface area contributed by atoms with Crippen LogP contribution in [0.2, 0.25) is 0 Å². The van der Waals surface area contributed by atoms with Crippen molar-refractivity contribution < 1.29 is 29.7 Å². The van der Waals surface area contributed by atoms with Crippen LogP contribution in [0.1, 0.15) is 25.0 Å². The second-order valence-corrected chi connectivity index (χ2v) is 4.44. The Bertz CT molecular complexity index is 496. The summed E-state index contributed by atoms with van der Waals surface area (Å²) in [6.07, 6.45) is 0.616. The van der Waals surface area contributed by atoms with E-state index in [1.165, 1.54) is 0 Å². The maximum absolute atomic E-state index is 10.9. The molecule has 0 bridgehead atoms. The van der Waals surface area contributed by atoms with Crippen molar-refractivity contribution in [3.05, 3.63) is 28.1 Å². The van der Waals surface area contributed by atoms with Crippen LogP contribution >= 0.6 is 0 Å². The molecule has 1 heterocycles. The summed E-state index contributed by atoms with van der Waals surface area (Å²) in [5.74, 6) is -0.560. The number of rotatable bonds is 6. The highest BCUT2D eigenvalue weighted by atomic mass is 16.9. The molecule has 0 radical (unpaired) electrons. The molecule has 2 rings (SSSR count). The van der Waals surface area contributed by atoms with Crippen molar-refractivity contribution in [2.24, 2.45) is 0 Å². The van der Waals surface area contributed by atoms with Gasteiger partial charge >= 0.3 is 11.8 Å². The first-order valence-corrected chi connectivity index (χ1v) is 5.96. The third-order valence-corrected chi connectivity index (χ3v) is 2.87. The van der Waals surface area contributed by atoms with Crippen molar-refractivity contribution in [1.82, 2.24) is 4.98 Å². The minimum atomic E-state index is -3.50. The second kappa shape index (κ2) is 5.67. The summed E-state index contributed by atoms with van der Waals surface area (Å²) in [7, 11) is 0. The Balaban J connectivity index is 2.11. The van der Waals surface area contributed by atoms with Crippen molar-refractivity contribution in [3.8, 4) is 5.75 Å². The summed E-state index contributed by atoms with van der Waals surface area (Å²) in [6, 6.07) is 1.10. The van der Waals surface area contributed by atoms with Crippen molar-refractivity contribution in [2.75, 3.05) is 0 Å². The number of nitro groups is 1. The van der Waals surface area contributed by atoms with Gasteiger partial charge < -0.3 is 24.8 Å². The van der Waals surface area contributed by atoms with Gasteiger partial charge in [-0.2, -0.15) is 0 Å². The topological polar surface area (TPSA) is 135 Å². The quantitative estimate of drug-likeness (QED) is 0.378. The lowest BCUT2D eigenvalue weighted by Gasteiger charge is -2.25. The summed E-state index contributed by atoms with van der Waals surface area (Å²) < 4.78 is 9.69. The molecule has 20 heavy (non-hydrogen) atoms. The summed E-state index contributed by atoms with van der Waals surface area (Å²) >= 11 is 0. The molecule has 1 aromatic heterocycles. The summed E-state index contributed by atoms with van der Waals surface area (Å²) in [6.45, 7) is 0.119. The van der Waals surface area contributed by atoms with E-state index >= 15 is 0 Å². The van der Waals surface area contributed by atoms with Crippen molar-refractivity contribution >= 4 is 5.69 Å². The molecule has 9 nitrogen and oxygen atoms in total. The van der Waals surface area contributed by atoms with Gasteiger partial charge in [-0.05, 0) is 19.3 Å². The zero-order valence-corrected chi connectivity index (χ0v) is 10.4. The number of hydrogen-bond donors (Lipinski definition) is 3. The number of ether oxygens (including phenoxy) is 2. The van der Waals surface area contributed by atoms with E-state index < -0.39 is 22.5 Å². The van der Waals surface area contributed by atoms with Crippen LogP contribution in [0.4, 0.5) is 5.69 Å². The van der Waals surface area contributed by atoms with Crippen LogP contribution in [0.25, 0.3) is 0 Å². The fourth-order valence-electron chi connectivity index (χ4n) is 1.66. The van der Waals surface area contributed by atoms with Crippen LogP contribution in [0.5, 0.6) is 5.75 Å². The fourth-order valence-corrected chi connectivity index (χ4v) is 1.66. The number of hydrogen-bond acceptors (Lipinski definition) is 8. The number of pyridine rings is 1. The Hall–Kier alpha value is -1.81. The zero-order valence-electron chi connectivity index (χ0n) is 10.4. The smallest absolute Gasteiger partial charge is 0.408 e. The van der Waals surface area contributed by atoms with E-state index in [2.05, 4.69) is 9.72 Å². The molecular formula is C11H14N2O7. The van der Waals surface area contributed by atoms with Crippen molar-refractivity contribution in [1.29, 1.82) is 0 Å². The summed E-state index contributed by atoms with van der Waals surface area (Å²) in [5.41, 5.74) is -0.232. The van der Waals surface area contributed by atoms with Crippen molar-refractivity contribution in [2.45, 2.75) is 38.1 Å². The normalized spacial score (nSPS) is 15.8. The van der Waals surface area contributed by atoms with E-state index in [1.807, 2.05) is 0 Å². The molecule has 9 heteroatoms. The lowest BCUT2D eigenvalue weighted by molar-refractivity contribution is -0.427. The Morgan fingerprint density at radius 1 is 1.45 bits per heavy atom. The van der Waals surface area contributed by atoms with Gasteiger partial charge in [0.25, 0.3) is 0 Å². The third kappa shape index (κ3) is 3.84. The monoisotopic (exact) mass is 286 g/mol. The van der Waals surface area contributed by atoms with Gasteiger partial charge in [-0.25, -0.2) is 0 Å². The van der Waals surface area contributed by atoms with Gasteiger partial charge in [-0.3, -0.25) is 15.1 Å². The third-order valence-electron chi connectivity index (χ3n) is 2.87. The largest absolute Gasteiger partial charge is 0.453 e. The average Bonchev–Trinajstić information content (AvgIpc) is 2.26. The second-order valence-electron chi connectivity index (χ2n) is 4.44. The van der Waals surface area contributed by atoms with E-state index in [-0.39, 0.29) is 12.7 Å². The number of aliphatic hydroxyl groups is 3. The van der Waals surface area contributed by atoms with E-state index in [9.17, 15) is 10.1 Å². The zero-order chi connectivity index (χ0) is 14.8. The molecule has 0 spiro atoms. The van der Waals surface area contributed by atoms with Gasteiger partial charge in [0.1, 0.15) is 0 Å². The molecule has 0 saturated heterocycles. The molecule has 1 saturated carbocycles. The number of nitrogens with zero attached hydrogens (tertiary/aromatic N) is 2. The van der Waals surface area contributed by atoms with E-state index in [0.717, 1.165) is 31.5 Å². The standard InChI is InChI=1S/C11H14N2O7/c14-11(15,16)20-10-5-12-7(4-9(10)13(17)18)6-19-8-2-1-3-8/h4-5,8,14-16H,1-3,6H2. The molecule has 0 unspecified atom stereocenters. The Morgan fingerprint density at radius 3 is 2.65 bits per heavy atom. The summed E-state index contributed by atoms with van der Waals surface area (Å²) in [4.78, 5) is 13.9. The highest BCUT2D eigenvalue weighted by molar-refractivity contribution is 5.45. The highest BCUT2D eigenvalue weighted by Crippen LogP contribution is 2.29. The van der Waals surface area contributed by atoms with Gasteiger partial charge in [0.2, 0.25) is 5.75 Å². The molecule has 0 aliphatic heterocycles. The lowest BCUT2D eigenvalue weighted by Crippen LogP contribution is -2.34. The van der Waals surface area contributed by atoms with Gasteiger partial charge in [0, 0.05) is 6.07 Å². The molecule has 1 aromatic rings. The lowest BCUT2D eigenvalue weighted by atomic mass is 9.96. The first-order valence-electron chi connectivity index (χ1n) is 5.96. The predicted octanol–water partition coefficient (Wildman–Crippen LogP) is 0.0259. The highest BCUT2D eigenvalue weighted by Gasteiger charge is 2.28. The van der Waals surface area contributed by atoms with Crippen LogP contribution < -0.4 is 4.74 Å². The van der Waals surface area contributed by atoms with E-state index in [1.54, 1.807) is 0 Å². The first kappa shape index (κ1) is 14.6. The fraction of sp³-hybridized carbons (Fsp3) is 0.545. The molecule has 3 N–H and O–H groups in total. The molecule has 0 atom stereocenters. The van der Waals surface area contributed by atoms with Gasteiger partial charge in [-0.15, -0.1) is 0 Å². The molecular weight excluding hydrogens is 272 g/mol. The van der Waals surface area contributed by atoms with Crippen LogP contribution in [-0.4, -0.2) is 37.5 Å². The van der Waals surface area contributed by atoms with Crippen LogP contribution in [0, 0.1) is 10.1 Å². The average molecular weight is 286 g/mol. The molecule has 1 aliphatic rings. The van der Waals surface area contributed by atoms with E-state index in [0.29, 0.717) is 5.69 Å².